The minimum absolute atomic E-state index is 0.0348. The number of para-hydroxylation sites is 1. The van der Waals surface area contributed by atoms with Crippen LogP contribution in [0, 0.1) is 12.7 Å². The van der Waals surface area contributed by atoms with Crippen molar-refractivity contribution in [1.82, 2.24) is 19.4 Å². The van der Waals surface area contributed by atoms with Crippen molar-refractivity contribution in [3.63, 3.8) is 0 Å². The van der Waals surface area contributed by atoms with E-state index in [0.717, 1.165) is 43.8 Å². The zero-order valence-corrected chi connectivity index (χ0v) is 19.1. The largest absolute Gasteiger partial charge is 0.369 e. The van der Waals surface area contributed by atoms with Gasteiger partial charge in [-0.25, -0.2) is 9.37 Å². The Kier molecular flexibility index (Phi) is 5.62. The van der Waals surface area contributed by atoms with Gasteiger partial charge in [-0.1, -0.05) is 24.3 Å². The molecule has 0 atom stereocenters. The van der Waals surface area contributed by atoms with E-state index in [1.807, 2.05) is 12.1 Å². The third-order valence-electron chi connectivity index (χ3n) is 6.24. The highest BCUT2D eigenvalue weighted by molar-refractivity contribution is 6.06. The number of rotatable bonds is 5. The number of likely N-dealkylation sites (N-methyl/N-ethyl adjacent to an activating group) is 1. The average Bonchev–Trinajstić information content (AvgIpc) is 3.22. The lowest BCUT2D eigenvalue weighted by Crippen LogP contribution is -2.44. The molecule has 4 aromatic rings. The fourth-order valence-corrected chi connectivity index (χ4v) is 4.34. The second-order valence-electron chi connectivity index (χ2n) is 8.58. The number of hydrogen-bond donors (Lipinski definition) is 2. The Hall–Kier alpha value is -3.98. The van der Waals surface area contributed by atoms with E-state index in [1.165, 1.54) is 16.3 Å². The van der Waals surface area contributed by atoms with Crippen molar-refractivity contribution in [2.45, 2.75) is 6.92 Å². The van der Waals surface area contributed by atoms with E-state index in [4.69, 9.17) is 5.73 Å². The van der Waals surface area contributed by atoms with E-state index in [0.29, 0.717) is 16.5 Å². The van der Waals surface area contributed by atoms with Crippen LogP contribution in [0.15, 0.2) is 54.9 Å². The number of aromatic nitrogens is 3. The first-order chi connectivity index (χ1) is 16.4. The maximum absolute atomic E-state index is 14.8. The van der Waals surface area contributed by atoms with Crippen LogP contribution < -0.4 is 16.0 Å². The van der Waals surface area contributed by atoms with Crippen molar-refractivity contribution in [3.8, 4) is 5.82 Å². The Labute approximate surface area is 196 Å². The third-order valence-corrected chi connectivity index (χ3v) is 6.24. The van der Waals surface area contributed by atoms with Gasteiger partial charge in [0.15, 0.2) is 11.6 Å². The molecule has 0 spiro atoms. The second kappa shape index (κ2) is 8.75. The molecule has 9 heteroatoms. The van der Waals surface area contributed by atoms with Crippen LogP contribution in [0.3, 0.4) is 0 Å². The second-order valence-corrected chi connectivity index (χ2v) is 8.58. The molecule has 0 bridgehead atoms. The summed E-state index contributed by atoms with van der Waals surface area (Å²) in [5, 5.41) is 3.84. The summed E-state index contributed by atoms with van der Waals surface area (Å²) in [6.45, 7) is 6.04. The molecule has 2 aromatic heterocycles. The van der Waals surface area contributed by atoms with E-state index in [9.17, 15) is 9.18 Å². The topological polar surface area (TPSA) is 92.3 Å². The quantitative estimate of drug-likeness (QED) is 0.475. The Morgan fingerprint density at radius 2 is 1.88 bits per heavy atom. The summed E-state index contributed by atoms with van der Waals surface area (Å²) in [6, 6.07) is 13.3. The maximum Gasteiger partial charge on any atom is 0.250 e. The Bertz CT molecular complexity index is 1380. The molecule has 0 radical (unpaired) electrons. The number of halogens is 1. The SMILES string of the molecule is Cc1ccc(Nc2ncc(F)c(-n3cc(C(N)=O)c4ccccc43)n2)cc1N1CCN(C)CC1. The highest BCUT2D eigenvalue weighted by Crippen LogP contribution is 2.28. The molecule has 1 fully saturated rings. The number of carbonyl (C=O) groups excluding carboxylic acids is 1. The molecule has 174 valence electrons. The number of primary amides is 1. The summed E-state index contributed by atoms with van der Waals surface area (Å²) in [5.74, 6) is -0.904. The molecule has 34 heavy (non-hydrogen) atoms. The molecule has 8 nitrogen and oxygen atoms in total. The molecule has 1 aliphatic rings. The van der Waals surface area contributed by atoms with E-state index in [-0.39, 0.29) is 11.8 Å². The number of fused-ring (bicyclic) bond motifs is 1. The van der Waals surface area contributed by atoms with Crippen LogP contribution in [0.2, 0.25) is 0 Å². The minimum Gasteiger partial charge on any atom is -0.369 e. The van der Waals surface area contributed by atoms with Crippen LogP contribution >= 0.6 is 0 Å². The molecular weight excluding hydrogens is 433 g/mol. The van der Waals surface area contributed by atoms with Crippen molar-refractivity contribution >= 4 is 34.1 Å². The van der Waals surface area contributed by atoms with Gasteiger partial charge in [-0.05, 0) is 37.7 Å². The molecule has 1 amide bonds. The normalized spacial score (nSPS) is 14.5. The highest BCUT2D eigenvalue weighted by atomic mass is 19.1. The lowest BCUT2D eigenvalue weighted by Gasteiger charge is -2.35. The van der Waals surface area contributed by atoms with Gasteiger partial charge in [0.25, 0.3) is 5.91 Å². The van der Waals surface area contributed by atoms with Gasteiger partial charge in [0.2, 0.25) is 5.95 Å². The van der Waals surface area contributed by atoms with E-state index in [1.54, 1.807) is 18.2 Å². The molecule has 0 unspecified atom stereocenters. The number of amides is 1. The molecule has 1 saturated heterocycles. The number of benzene rings is 2. The molecule has 3 heterocycles. The number of hydrogen-bond acceptors (Lipinski definition) is 6. The Balaban J connectivity index is 1.49. The standard InChI is InChI=1S/C25H26FN7O/c1-16-7-8-17(13-22(16)32-11-9-31(2)10-12-32)29-25-28-14-20(26)24(30-25)33-15-19(23(27)34)18-5-3-4-6-21(18)33/h3-8,13-15H,9-12H2,1-2H3,(H2,27,34)(H,28,29,30). The summed E-state index contributed by atoms with van der Waals surface area (Å²) in [5.41, 5.74) is 9.63. The molecule has 5 rings (SSSR count). The third kappa shape index (κ3) is 4.06. The van der Waals surface area contributed by atoms with E-state index >= 15 is 0 Å². The monoisotopic (exact) mass is 459 g/mol. The van der Waals surface area contributed by atoms with E-state index in [2.05, 4.69) is 51.2 Å². The predicted molar refractivity (Wildman–Crippen MR) is 132 cm³/mol. The first-order valence-corrected chi connectivity index (χ1v) is 11.1. The van der Waals surface area contributed by atoms with Gasteiger partial charge in [-0.3, -0.25) is 9.36 Å². The van der Waals surface area contributed by atoms with Crippen molar-refractivity contribution in [1.29, 1.82) is 0 Å². The molecule has 1 aliphatic heterocycles. The fourth-order valence-electron chi connectivity index (χ4n) is 4.34. The fraction of sp³-hybridized carbons (Fsp3) is 0.240. The Morgan fingerprint density at radius 3 is 2.65 bits per heavy atom. The van der Waals surface area contributed by atoms with Crippen molar-refractivity contribution in [2.75, 3.05) is 43.4 Å². The predicted octanol–water partition coefficient (Wildman–Crippen LogP) is 3.46. The Morgan fingerprint density at radius 1 is 1.12 bits per heavy atom. The van der Waals surface area contributed by atoms with Gasteiger partial charge in [0, 0.05) is 49.1 Å². The number of nitrogens with one attached hydrogen (secondary N) is 1. The zero-order chi connectivity index (χ0) is 23.8. The first kappa shape index (κ1) is 21.8. The van der Waals surface area contributed by atoms with E-state index < -0.39 is 11.7 Å². The van der Waals surface area contributed by atoms with Gasteiger partial charge in [-0.2, -0.15) is 4.98 Å². The first-order valence-electron chi connectivity index (χ1n) is 11.1. The molecular formula is C25H26FN7O. The summed E-state index contributed by atoms with van der Waals surface area (Å²) < 4.78 is 16.4. The number of aryl methyl sites for hydroxylation is 1. The lowest BCUT2D eigenvalue weighted by atomic mass is 10.1. The van der Waals surface area contributed by atoms with Crippen molar-refractivity contribution in [2.24, 2.45) is 5.73 Å². The van der Waals surface area contributed by atoms with Gasteiger partial charge in [0.05, 0.1) is 17.3 Å². The maximum atomic E-state index is 14.8. The van der Waals surface area contributed by atoms with Gasteiger partial charge in [0.1, 0.15) is 0 Å². The van der Waals surface area contributed by atoms with Crippen LogP contribution in [-0.2, 0) is 0 Å². The van der Waals surface area contributed by atoms with Gasteiger partial charge >= 0.3 is 0 Å². The summed E-state index contributed by atoms with van der Waals surface area (Å²) in [4.78, 5) is 25.2. The van der Waals surface area contributed by atoms with Crippen molar-refractivity contribution < 1.29 is 9.18 Å². The smallest absolute Gasteiger partial charge is 0.250 e. The molecule has 3 N–H and O–H groups in total. The number of carbonyl (C=O) groups is 1. The van der Waals surface area contributed by atoms with Crippen LogP contribution in [0.1, 0.15) is 15.9 Å². The number of anilines is 3. The number of nitrogens with zero attached hydrogens (tertiary/aromatic N) is 5. The minimum atomic E-state index is -0.607. The van der Waals surface area contributed by atoms with Gasteiger partial charge in [-0.15, -0.1) is 0 Å². The highest BCUT2D eigenvalue weighted by Gasteiger charge is 2.19. The lowest BCUT2D eigenvalue weighted by molar-refractivity contribution is 0.100. The zero-order valence-electron chi connectivity index (χ0n) is 19.1. The van der Waals surface area contributed by atoms with Gasteiger partial charge < -0.3 is 20.9 Å². The molecule has 0 saturated carbocycles. The van der Waals surface area contributed by atoms with Crippen LogP contribution in [0.25, 0.3) is 16.7 Å². The van der Waals surface area contributed by atoms with Crippen molar-refractivity contribution in [3.05, 3.63) is 71.8 Å². The summed E-state index contributed by atoms with van der Waals surface area (Å²) >= 11 is 0. The number of piperazine rings is 1. The summed E-state index contributed by atoms with van der Waals surface area (Å²) in [7, 11) is 2.13. The molecule has 0 aliphatic carbocycles. The summed E-state index contributed by atoms with van der Waals surface area (Å²) in [6.07, 6.45) is 2.64. The van der Waals surface area contributed by atoms with Crippen LogP contribution in [0.4, 0.5) is 21.7 Å². The van der Waals surface area contributed by atoms with Crippen LogP contribution in [-0.4, -0.2) is 58.6 Å². The van der Waals surface area contributed by atoms with Crippen LogP contribution in [0.5, 0.6) is 0 Å². The molecule has 2 aromatic carbocycles. The average molecular weight is 460 g/mol. The number of nitrogens with two attached hydrogens (primary N) is 1.